The van der Waals surface area contributed by atoms with Crippen molar-refractivity contribution in [2.75, 3.05) is 24.1 Å². The predicted octanol–water partition coefficient (Wildman–Crippen LogP) is 1.92. The number of ether oxygens (including phenoxy) is 5. The summed E-state index contributed by atoms with van der Waals surface area (Å²) in [5, 5.41) is 45.5. The Kier molecular flexibility index (Phi) is 12.0. The normalized spacial score (nSPS) is 27.9. The number of aliphatic hydroxyl groups is 3. The number of para-hydroxylation sites is 1. The third-order valence-corrected chi connectivity index (χ3v) is 10.1. The molecule has 0 saturated carbocycles. The Labute approximate surface area is 300 Å². The van der Waals surface area contributed by atoms with Gasteiger partial charge in [-0.25, -0.2) is 10.5 Å². The SMILES string of the molecule is COc1cccc(C)c1OC1OC(CSc2nnc(NN)n2N)C(O)C(O)C1OC1CC(NCc2ccc(-c3ccccc3)cc2)C(O)C(C)O1. The Balaban J connectivity index is 1.16. The van der Waals surface area contributed by atoms with Gasteiger partial charge in [-0.1, -0.05) is 78.5 Å². The summed E-state index contributed by atoms with van der Waals surface area (Å²) in [5.74, 6) is 12.5. The molecule has 0 amide bonds. The van der Waals surface area contributed by atoms with E-state index in [1.165, 1.54) is 7.11 Å². The van der Waals surface area contributed by atoms with Gasteiger partial charge in [0.1, 0.15) is 12.2 Å². The minimum atomic E-state index is -1.46. The molecule has 3 aromatic carbocycles. The Hall–Kier alpha value is -3.97. The maximum atomic E-state index is 11.5. The van der Waals surface area contributed by atoms with Crippen LogP contribution in [0.5, 0.6) is 11.5 Å². The largest absolute Gasteiger partial charge is 0.493 e. The monoisotopic (exact) mass is 723 g/mol. The number of hydrazine groups is 1. The maximum Gasteiger partial charge on any atom is 0.258 e. The lowest BCUT2D eigenvalue weighted by atomic mass is 9.97. The van der Waals surface area contributed by atoms with E-state index in [2.05, 4.69) is 57.3 Å². The number of nitrogens with zero attached hydrogens (tertiary/aromatic N) is 3. The van der Waals surface area contributed by atoms with Gasteiger partial charge in [0.15, 0.2) is 23.9 Å². The summed E-state index contributed by atoms with van der Waals surface area (Å²) < 4.78 is 31.8. The van der Waals surface area contributed by atoms with E-state index in [0.29, 0.717) is 23.2 Å². The molecule has 51 heavy (non-hydrogen) atoms. The zero-order chi connectivity index (χ0) is 36.1. The molecule has 2 saturated heterocycles. The molecule has 274 valence electrons. The molecule has 2 aliphatic rings. The van der Waals surface area contributed by atoms with Gasteiger partial charge in [0.25, 0.3) is 5.95 Å². The highest BCUT2D eigenvalue weighted by Crippen LogP contribution is 2.37. The lowest BCUT2D eigenvalue weighted by Gasteiger charge is -2.45. The number of nitrogens with one attached hydrogen (secondary N) is 2. The first-order valence-electron chi connectivity index (χ1n) is 16.6. The Morgan fingerprint density at radius 3 is 2.39 bits per heavy atom. The molecule has 16 heteroatoms. The molecule has 3 heterocycles. The molecule has 1 aromatic heterocycles. The molecule has 9 unspecified atom stereocenters. The number of methoxy groups -OCH3 is 1. The molecule has 2 aliphatic heterocycles. The number of aromatic nitrogens is 3. The fourth-order valence-corrected chi connectivity index (χ4v) is 7.09. The summed E-state index contributed by atoms with van der Waals surface area (Å²) in [6.45, 7) is 4.11. The van der Waals surface area contributed by atoms with Crippen molar-refractivity contribution >= 4 is 17.7 Å². The Morgan fingerprint density at radius 2 is 1.69 bits per heavy atom. The quantitative estimate of drug-likeness (QED) is 0.0596. The van der Waals surface area contributed by atoms with E-state index in [0.717, 1.165) is 38.7 Å². The van der Waals surface area contributed by atoms with Crippen LogP contribution in [0.1, 0.15) is 24.5 Å². The van der Waals surface area contributed by atoms with Crippen molar-refractivity contribution in [2.45, 2.75) is 87.2 Å². The molecule has 0 spiro atoms. The fraction of sp³-hybridized carbons (Fsp3) is 0.429. The molecule has 15 nitrogen and oxygen atoms in total. The second-order valence-electron chi connectivity index (χ2n) is 12.5. The van der Waals surface area contributed by atoms with Crippen molar-refractivity contribution in [2.24, 2.45) is 5.84 Å². The highest BCUT2D eigenvalue weighted by atomic mass is 32.2. The van der Waals surface area contributed by atoms with Gasteiger partial charge in [-0.2, -0.15) is 0 Å². The van der Waals surface area contributed by atoms with E-state index in [1.54, 1.807) is 13.0 Å². The minimum Gasteiger partial charge on any atom is -0.493 e. The highest BCUT2D eigenvalue weighted by Gasteiger charge is 2.49. The zero-order valence-electron chi connectivity index (χ0n) is 28.5. The van der Waals surface area contributed by atoms with Crippen LogP contribution in [0.25, 0.3) is 11.1 Å². The smallest absolute Gasteiger partial charge is 0.258 e. The first-order chi connectivity index (χ1) is 24.7. The molecule has 9 atom stereocenters. The molecular formula is C35H45N7O8S. The number of thioether (sulfide) groups is 1. The van der Waals surface area contributed by atoms with Crippen LogP contribution in [0.2, 0.25) is 0 Å². The number of hydrogen-bond acceptors (Lipinski definition) is 15. The van der Waals surface area contributed by atoms with Crippen LogP contribution < -0.4 is 31.9 Å². The second kappa shape index (κ2) is 16.6. The first-order valence-corrected chi connectivity index (χ1v) is 17.6. The van der Waals surface area contributed by atoms with Crippen LogP contribution in [-0.2, 0) is 20.8 Å². The number of rotatable bonds is 13. The van der Waals surface area contributed by atoms with Crippen molar-refractivity contribution in [1.29, 1.82) is 0 Å². The minimum absolute atomic E-state index is 0.122. The van der Waals surface area contributed by atoms with Crippen molar-refractivity contribution in [3.63, 3.8) is 0 Å². The van der Waals surface area contributed by atoms with Gasteiger partial charge in [0, 0.05) is 24.8 Å². The van der Waals surface area contributed by atoms with Gasteiger partial charge in [-0.3, -0.25) is 5.43 Å². The topological polar surface area (TPSA) is 214 Å². The van der Waals surface area contributed by atoms with Gasteiger partial charge >= 0.3 is 0 Å². The number of nitrogens with two attached hydrogens (primary N) is 2. The van der Waals surface area contributed by atoms with Crippen LogP contribution in [0.15, 0.2) is 78.0 Å². The third kappa shape index (κ3) is 8.41. The van der Waals surface area contributed by atoms with Gasteiger partial charge in [0.2, 0.25) is 11.4 Å². The van der Waals surface area contributed by atoms with E-state index in [4.69, 9.17) is 35.4 Å². The van der Waals surface area contributed by atoms with Crippen LogP contribution in [-0.4, -0.2) is 98.3 Å². The predicted molar refractivity (Wildman–Crippen MR) is 190 cm³/mol. The summed E-state index contributed by atoms with van der Waals surface area (Å²) in [4.78, 5) is 0. The van der Waals surface area contributed by atoms with Gasteiger partial charge in [-0.15, -0.1) is 10.2 Å². The molecule has 6 rings (SSSR count). The van der Waals surface area contributed by atoms with Crippen molar-refractivity contribution in [3.8, 4) is 22.6 Å². The summed E-state index contributed by atoms with van der Waals surface area (Å²) >= 11 is 1.15. The number of benzene rings is 3. The second-order valence-corrected chi connectivity index (χ2v) is 13.5. The van der Waals surface area contributed by atoms with Crippen LogP contribution in [0.3, 0.4) is 0 Å². The first kappa shape index (κ1) is 36.8. The number of anilines is 1. The van der Waals surface area contributed by atoms with Gasteiger partial charge < -0.3 is 50.2 Å². The van der Waals surface area contributed by atoms with Crippen molar-refractivity contribution in [3.05, 3.63) is 83.9 Å². The molecular weight excluding hydrogens is 678 g/mol. The fourth-order valence-electron chi connectivity index (χ4n) is 6.18. The lowest BCUT2D eigenvalue weighted by molar-refractivity contribution is -0.326. The molecule has 9 N–H and O–H groups in total. The molecule has 0 radical (unpaired) electrons. The van der Waals surface area contributed by atoms with Crippen LogP contribution in [0.4, 0.5) is 5.95 Å². The van der Waals surface area contributed by atoms with Crippen molar-refractivity contribution < 1.29 is 39.0 Å². The maximum absolute atomic E-state index is 11.5. The Bertz CT molecular complexity index is 1720. The summed E-state index contributed by atoms with van der Waals surface area (Å²) in [6, 6.07) is 23.4. The molecule has 0 bridgehead atoms. The average Bonchev–Trinajstić information content (AvgIpc) is 3.51. The van der Waals surface area contributed by atoms with Crippen molar-refractivity contribution in [1.82, 2.24) is 20.2 Å². The summed E-state index contributed by atoms with van der Waals surface area (Å²) in [6.07, 6.45) is -8.25. The molecule has 0 aliphatic carbocycles. The van der Waals surface area contributed by atoms with Crippen LogP contribution >= 0.6 is 11.8 Å². The number of nitrogen functional groups attached to an aromatic ring is 2. The van der Waals surface area contributed by atoms with Gasteiger partial charge in [-0.05, 0) is 42.2 Å². The average molecular weight is 724 g/mol. The standard InChI is InChI=1S/C35H45N7O8S/c1-19-8-7-11-25(46-3)31(19)50-33-32(30(45)29(44)26(48-33)18-51-35-41-40-34(39-36)42(35)37)49-27-16-24(28(43)20(2)47-27)38-17-21-12-14-23(15-13-21)22-9-5-4-6-10-22/h4-15,20,24,26-30,32-33,38,43-45H,16-18,36-37H2,1-3H3,(H,39,40). The van der Waals surface area contributed by atoms with E-state index >= 15 is 0 Å². The highest BCUT2D eigenvalue weighted by molar-refractivity contribution is 7.99. The summed E-state index contributed by atoms with van der Waals surface area (Å²) in [7, 11) is 1.52. The number of aryl methyl sites for hydroxylation is 1. The molecule has 2 fully saturated rings. The van der Waals surface area contributed by atoms with E-state index in [-0.39, 0.29) is 18.1 Å². The summed E-state index contributed by atoms with van der Waals surface area (Å²) in [5.41, 5.74) is 6.40. The van der Waals surface area contributed by atoms with Gasteiger partial charge in [0.05, 0.1) is 25.4 Å². The third-order valence-electron chi connectivity index (χ3n) is 9.09. The Morgan fingerprint density at radius 1 is 0.941 bits per heavy atom. The zero-order valence-corrected chi connectivity index (χ0v) is 29.3. The number of aliphatic hydroxyl groups excluding tert-OH is 3. The lowest BCUT2D eigenvalue weighted by Crippen LogP contribution is -2.62. The molecule has 4 aromatic rings. The van der Waals surface area contributed by atoms with E-state index in [9.17, 15) is 15.3 Å². The van der Waals surface area contributed by atoms with Crippen LogP contribution in [0, 0.1) is 6.92 Å². The van der Waals surface area contributed by atoms with E-state index in [1.807, 2.05) is 37.3 Å². The number of hydrogen-bond donors (Lipinski definition) is 7. The van der Waals surface area contributed by atoms with E-state index < -0.39 is 55.2 Å².